The molecule has 3 rings (SSSR count). The van der Waals surface area contributed by atoms with E-state index in [1.54, 1.807) is 35.0 Å². The van der Waals surface area contributed by atoms with E-state index >= 15 is 0 Å². The number of carbonyl (C=O) groups excluding carboxylic acids is 1. The van der Waals surface area contributed by atoms with Crippen LogP contribution in [0.25, 0.3) is 10.9 Å². The molecule has 1 heterocycles. The lowest BCUT2D eigenvalue weighted by atomic mass is 10.2. The van der Waals surface area contributed by atoms with E-state index in [1.165, 1.54) is 6.20 Å². The number of nitrogens with zero attached hydrogens (tertiary/aromatic N) is 2. The average molecular weight is 376 g/mol. The molecule has 3 aromatic rings. The van der Waals surface area contributed by atoms with Gasteiger partial charge in [0.1, 0.15) is 0 Å². The minimum Gasteiger partial charge on any atom is -0.326 e. The van der Waals surface area contributed by atoms with E-state index in [0.717, 1.165) is 5.56 Å². The monoisotopic (exact) mass is 375 g/mol. The lowest BCUT2D eigenvalue weighted by molar-refractivity contribution is -0.116. The molecule has 0 aliphatic rings. The second-order valence-corrected chi connectivity index (χ2v) is 6.43. The van der Waals surface area contributed by atoms with Crippen molar-refractivity contribution < 1.29 is 4.79 Å². The van der Waals surface area contributed by atoms with Crippen molar-refractivity contribution in [2.24, 2.45) is 0 Å². The number of aryl methyl sites for hydroxylation is 1. The van der Waals surface area contributed by atoms with Crippen molar-refractivity contribution >= 4 is 45.7 Å². The summed E-state index contributed by atoms with van der Waals surface area (Å²) in [5.41, 5.74) is 1.87. The van der Waals surface area contributed by atoms with Gasteiger partial charge in [0.15, 0.2) is 0 Å². The van der Waals surface area contributed by atoms with Gasteiger partial charge in [-0.15, -0.1) is 0 Å². The zero-order chi connectivity index (χ0) is 18.0. The fourth-order valence-corrected chi connectivity index (χ4v) is 2.97. The molecule has 0 aliphatic carbocycles. The minimum atomic E-state index is -0.194. The highest BCUT2D eigenvalue weighted by Crippen LogP contribution is 2.28. The quantitative estimate of drug-likeness (QED) is 0.748. The first kappa shape index (κ1) is 17.5. The van der Waals surface area contributed by atoms with Crippen LogP contribution in [0.1, 0.15) is 12.0 Å². The van der Waals surface area contributed by atoms with E-state index in [4.69, 9.17) is 23.2 Å². The van der Waals surface area contributed by atoms with Crippen molar-refractivity contribution in [2.45, 2.75) is 19.9 Å². The molecule has 25 heavy (non-hydrogen) atoms. The summed E-state index contributed by atoms with van der Waals surface area (Å²) in [6.07, 6.45) is 1.46. The molecule has 0 spiro atoms. The van der Waals surface area contributed by atoms with E-state index in [9.17, 15) is 9.59 Å². The van der Waals surface area contributed by atoms with Gasteiger partial charge < -0.3 is 5.32 Å². The molecule has 0 saturated carbocycles. The summed E-state index contributed by atoms with van der Waals surface area (Å²) in [5, 5.41) is 8.45. The van der Waals surface area contributed by atoms with Gasteiger partial charge in [0.2, 0.25) is 11.3 Å². The number of hydrogen-bond acceptors (Lipinski definition) is 3. The minimum absolute atomic E-state index is 0.139. The smallest absolute Gasteiger partial charge is 0.226 e. The van der Waals surface area contributed by atoms with Gasteiger partial charge in [-0.3, -0.25) is 14.3 Å². The molecule has 0 fully saturated rings. The summed E-state index contributed by atoms with van der Waals surface area (Å²) < 4.78 is 1.64. The van der Waals surface area contributed by atoms with Crippen LogP contribution in [0.5, 0.6) is 0 Å². The van der Waals surface area contributed by atoms with Crippen LogP contribution in [0.4, 0.5) is 5.69 Å². The van der Waals surface area contributed by atoms with Gasteiger partial charge in [-0.25, -0.2) is 0 Å². The van der Waals surface area contributed by atoms with Gasteiger partial charge in [-0.1, -0.05) is 35.3 Å². The van der Waals surface area contributed by atoms with Gasteiger partial charge in [-0.05, 0) is 36.8 Å². The number of amides is 1. The largest absolute Gasteiger partial charge is 0.326 e. The lowest BCUT2D eigenvalue weighted by Crippen LogP contribution is -2.18. The van der Waals surface area contributed by atoms with Crippen molar-refractivity contribution in [3.05, 3.63) is 68.4 Å². The molecule has 0 aliphatic heterocycles. The number of para-hydroxylation sites is 1. The average Bonchev–Trinajstić information content (AvgIpc) is 2.59. The third-order valence-electron chi connectivity index (χ3n) is 3.88. The standard InChI is InChI=1S/C18H15Cl2N3O2/c1-11-14(19)8-12(9-15(11)20)22-18(25)6-7-23-16-5-3-2-4-13(16)17(24)10-21-23/h2-5,8-10H,6-7H2,1H3,(H,22,25). The van der Waals surface area contributed by atoms with Crippen molar-refractivity contribution in [1.82, 2.24) is 9.78 Å². The van der Waals surface area contributed by atoms with Crippen molar-refractivity contribution in [1.29, 1.82) is 0 Å². The molecule has 1 amide bonds. The number of fused-ring (bicyclic) bond motifs is 1. The first-order valence-corrected chi connectivity index (χ1v) is 8.41. The van der Waals surface area contributed by atoms with Crippen LogP contribution in [0, 0.1) is 6.92 Å². The fraction of sp³-hybridized carbons (Fsp3) is 0.167. The maximum atomic E-state index is 12.2. The van der Waals surface area contributed by atoms with Gasteiger partial charge in [0.25, 0.3) is 0 Å². The molecule has 2 aromatic carbocycles. The van der Waals surface area contributed by atoms with Crippen LogP contribution in [0.15, 0.2) is 47.4 Å². The zero-order valence-electron chi connectivity index (χ0n) is 13.4. The molecule has 5 nitrogen and oxygen atoms in total. The van der Waals surface area contributed by atoms with Gasteiger partial charge in [0.05, 0.1) is 18.3 Å². The highest BCUT2D eigenvalue weighted by Gasteiger charge is 2.09. The molecule has 7 heteroatoms. The van der Waals surface area contributed by atoms with Crippen LogP contribution in [-0.4, -0.2) is 15.7 Å². The summed E-state index contributed by atoms with van der Waals surface area (Å²) in [7, 11) is 0. The van der Waals surface area contributed by atoms with Gasteiger partial charge in [-0.2, -0.15) is 5.10 Å². The maximum absolute atomic E-state index is 12.2. The van der Waals surface area contributed by atoms with E-state index in [-0.39, 0.29) is 17.8 Å². The van der Waals surface area contributed by atoms with E-state index in [0.29, 0.717) is 33.2 Å². The molecule has 128 valence electrons. The third-order valence-corrected chi connectivity index (χ3v) is 4.66. The zero-order valence-corrected chi connectivity index (χ0v) is 14.9. The Labute approximate surface area is 154 Å². The molecular weight excluding hydrogens is 361 g/mol. The molecule has 1 aromatic heterocycles. The Bertz CT molecular complexity index is 992. The number of halogens is 2. The van der Waals surface area contributed by atoms with E-state index in [1.807, 2.05) is 13.0 Å². The van der Waals surface area contributed by atoms with Crippen molar-refractivity contribution in [2.75, 3.05) is 5.32 Å². The number of benzene rings is 2. The summed E-state index contributed by atoms with van der Waals surface area (Å²) in [6.45, 7) is 2.16. The molecule has 0 radical (unpaired) electrons. The summed E-state index contributed by atoms with van der Waals surface area (Å²) >= 11 is 12.2. The Balaban J connectivity index is 1.73. The molecule has 1 N–H and O–H groups in total. The second kappa shape index (κ2) is 7.25. The van der Waals surface area contributed by atoms with Crippen LogP contribution < -0.4 is 10.7 Å². The number of hydrogen-bond donors (Lipinski definition) is 1. The predicted octanol–water partition coefficient (Wildman–Crippen LogP) is 4.04. The Morgan fingerprint density at radius 2 is 1.88 bits per heavy atom. The highest BCUT2D eigenvalue weighted by atomic mass is 35.5. The van der Waals surface area contributed by atoms with Crippen LogP contribution >= 0.6 is 23.2 Å². The third kappa shape index (κ3) is 3.83. The SMILES string of the molecule is Cc1c(Cl)cc(NC(=O)CCn2ncc(=O)c3ccccc32)cc1Cl. The molecule has 0 saturated heterocycles. The molecule has 0 bridgehead atoms. The number of aromatic nitrogens is 2. The van der Waals surface area contributed by atoms with Crippen LogP contribution in [0.2, 0.25) is 10.0 Å². The summed E-state index contributed by atoms with van der Waals surface area (Å²) in [6, 6.07) is 10.5. The van der Waals surface area contributed by atoms with E-state index in [2.05, 4.69) is 10.4 Å². The molecule has 0 unspecified atom stereocenters. The molecule has 0 atom stereocenters. The number of nitrogens with one attached hydrogen (secondary N) is 1. The summed E-state index contributed by atoms with van der Waals surface area (Å²) in [5.74, 6) is -0.194. The van der Waals surface area contributed by atoms with Crippen molar-refractivity contribution in [3.8, 4) is 0 Å². The van der Waals surface area contributed by atoms with Gasteiger partial charge in [0, 0.05) is 27.5 Å². The Morgan fingerprint density at radius 3 is 2.60 bits per heavy atom. The fourth-order valence-electron chi connectivity index (χ4n) is 2.49. The van der Waals surface area contributed by atoms with Crippen LogP contribution in [-0.2, 0) is 11.3 Å². The number of carbonyl (C=O) groups is 1. The topological polar surface area (TPSA) is 64.0 Å². The normalized spacial score (nSPS) is 10.8. The summed E-state index contributed by atoms with van der Waals surface area (Å²) in [4.78, 5) is 24.0. The maximum Gasteiger partial charge on any atom is 0.226 e. The number of anilines is 1. The number of rotatable bonds is 4. The van der Waals surface area contributed by atoms with Crippen molar-refractivity contribution in [3.63, 3.8) is 0 Å². The Kier molecular flexibility index (Phi) is 5.06. The van der Waals surface area contributed by atoms with Gasteiger partial charge >= 0.3 is 0 Å². The van der Waals surface area contributed by atoms with Crippen LogP contribution in [0.3, 0.4) is 0 Å². The lowest BCUT2D eigenvalue weighted by Gasteiger charge is -2.11. The predicted molar refractivity (Wildman–Crippen MR) is 100 cm³/mol. The second-order valence-electron chi connectivity index (χ2n) is 5.61. The first-order chi connectivity index (χ1) is 12.0. The van der Waals surface area contributed by atoms with E-state index < -0.39 is 0 Å². The highest BCUT2D eigenvalue weighted by molar-refractivity contribution is 6.36. The Morgan fingerprint density at radius 1 is 1.20 bits per heavy atom. The Hall–Kier alpha value is -2.37. The molecular formula is C18H15Cl2N3O2. The first-order valence-electron chi connectivity index (χ1n) is 7.66.